The molecule has 3 rings (SSSR count). The highest BCUT2D eigenvalue weighted by Gasteiger charge is 2.32. The second-order valence-electron chi connectivity index (χ2n) is 9.70. The molecule has 0 spiro atoms. The third kappa shape index (κ3) is 8.25. The van der Waals surface area contributed by atoms with Crippen LogP contribution in [0.5, 0.6) is 5.75 Å². The van der Waals surface area contributed by atoms with Crippen molar-refractivity contribution < 1.29 is 18.7 Å². The number of aryl methyl sites for hydroxylation is 1. The number of amides is 2. The number of ether oxygens (including phenoxy) is 1. The van der Waals surface area contributed by atoms with Gasteiger partial charge in [0.05, 0.1) is 0 Å². The first kappa shape index (κ1) is 25.9. The third-order valence-corrected chi connectivity index (χ3v) is 5.38. The maximum Gasteiger partial charge on any atom is 0.261 e. The number of carbonyl (C=O) groups is 2. The van der Waals surface area contributed by atoms with E-state index < -0.39 is 11.6 Å². The summed E-state index contributed by atoms with van der Waals surface area (Å²) in [5, 5.41) is 3.04. The minimum Gasteiger partial charge on any atom is -0.484 e. The van der Waals surface area contributed by atoms with Gasteiger partial charge in [-0.15, -0.1) is 0 Å². The molecule has 0 aromatic heterocycles. The molecule has 1 N–H and O–H groups in total. The van der Waals surface area contributed by atoms with Gasteiger partial charge in [0.1, 0.15) is 17.6 Å². The average Bonchev–Trinajstić information content (AvgIpc) is 2.80. The van der Waals surface area contributed by atoms with Gasteiger partial charge in [-0.25, -0.2) is 4.39 Å². The van der Waals surface area contributed by atoms with Gasteiger partial charge in [-0.2, -0.15) is 0 Å². The monoisotopic (exact) mass is 476 g/mol. The van der Waals surface area contributed by atoms with E-state index in [1.807, 2.05) is 82.3 Å². The maximum atomic E-state index is 13.5. The quantitative estimate of drug-likeness (QED) is 0.469. The van der Waals surface area contributed by atoms with Crippen LogP contribution in [0.25, 0.3) is 0 Å². The molecule has 184 valence electrons. The molecule has 0 saturated carbocycles. The lowest BCUT2D eigenvalue weighted by atomic mass is 10.0. The van der Waals surface area contributed by atoms with E-state index in [1.165, 1.54) is 24.3 Å². The van der Waals surface area contributed by atoms with E-state index in [2.05, 4.69) is 5.32 Å². The van der Waals surface area contributed by atoms with Gasteiger partial charge in [-0.3, -0.25) is 9.59 Å². The summed E-state index contributed by atoms with van der Waals surface area (Å²) in [5.41, 5.74) is 2.47. The molecule has 1 atom stereocenters. The van der Waals surface area contributed by atoms with Gasteiger partial charge in [-0.1, -0.05) is 60.2 Å². The fraction of sp³-hybridized carbons (Fsp3) is 0.310. The Morgan fingerprint density at radius 1 is 0.943 bits per heavy atom. The zero-order chi connectivity index (χ0) is 25.4. The molecule has 0 fully saturated rings. The van der Waals surface area contributed by atoms with Crippen LogP contribution in [0.2, 0.25) is 0 Å². The molecular weight excluding hydrogens is 443 g/mol. The number of benzene rings is 3. The van der Waals surface area contributed by atoms with Crippen LogP contribution >= 0.6 is 0 Å². The highest BCUT2D eigenvalue weighted by atomic mass is 19.1. The number of hydrogen-bond donors (Lipinski definition) is 1. The van der Waals surface area contributed by atoms with Gasteiger partial charge >= 0.3 is 0 Å². The number of carbonyl (C=O) groups excluding carboxylic acids is 2. The molecule has 0 saturated heterocycles. The fourth-order valence-corrected chi connectivity index (χ4v) is 3.77. The van der Waals surface area contributed by atoms with Crippen molar-refractivity contribution in [2.45, 2.75) is 52.2 Å². The smallest absolute Gasteiger partial charge is 0.261 e. The molecule has 35 heavy (non-hydrogen) atoms. The topological polar surface area (TPSA) is 58.6 Å². The van der Waals surface area contributed by atoms with Gasteiger partial charge in [0.25, 0.3) is 5.91 Å². The van der Waals surface area contributed by atoms with E-state index in [4.69, 9.17) is 4.74 Å². The van der Waals surface area contributed by atoms with E-state index in [1.54, 1.807) is 4.90 Å². The van der Waals surface area contributed by atoms with Crippen LogP contribution in [0.15, 0.2) is 78.9 Å². The molecule has 0 aliphatic carbocycles. The normalized spacial score (nSPS) is 12.0. The Morgan fingerprint density at radius 2 is 1.60 bits per heavy atom. The van der Waals surface area contributed by atoms with E-state index in [0.717, 1.165) is 16.7 Å². The van der Waals surface area contributed by atoms with Gasteiger partial charge in [-0.05, 0) is 63.1 Å². The fourth-order valence-electron chi connectivity index (χ4n) is 3.77. The number of nitrogens with one attached hydrogen (secondary N) is 1. The maximum absolute atomic E-state index is 13.5. The van der Waals surface area contributed by atoms with Crippen molar-refractivity contribution in [1.29, 1.82) is 0 Å². The Hall–Kier alpha value is -3.67. The van der Waals surface area contributed by atoms with Crippen molar-refractivity contribution in [3.05, 3.63) is 101 Å². The summed E-state index contributed by atoms with van der Waals surface area (Å²) in [6, 6.07) is 22.3. The summed E-state index contributed by atoms with van der Waals surface area (Å²) in [5.74, 6) is -0.564. The number of nitrogens with zero attached hydrogens (tertiary/aromatic N) is 1. The van der Waals surface area contributed by atoms with Crippen molar-refractivity contribution in [2.75, 3.05) is 6.61 Å². The van der Waals surface area contributed by atoms with Crippen LogP contribution in [-0.2, 0) is 22.6 Å². The Morgan fingerprint density at radius 3 is 2.23 bits per heavy atom. The number of halogens is 1. The highest BCUT2D eigenvalue weighted by molar-refractivity contribution is 5.89. The van der Waals surface area contributed by atoms with Crippen LogP contribution in [0.4, 0.5) is 4.39 Å². The number of hydrogen-bond acceptors (Lipinski definition) is 3. The van der Waals surface area contributed by atoms with Crippen molar-refractivity contribution >= 4 is 11.8 Å². The summed E-state index contributed by atoms with van der Waals surface area (Å²) >= 11 is 0. The lowest BCUT2D eigenvalue weighted by Gasteiger charge is -2.33. The summed E-state index contributed by atoms with van der Waals surface area (Å²) in [7, 11) is 0. The first-order valence-electron chi connectivity index (χ1n) is 11.7. The van der Waals surface area contributed by atoms with Crippen LogP contribution in [0.3, 0.4) is 0 Å². The van der Waals surface area contributed by atoms with Crippen molar-refractivity contribution in [3.63, 3.8) is 0 Å². The highest BCUT2D eigenvalue weighted by Crippen LogP contribution is 2.18. The van der Waals surface area contributed by atoms with Crippen molar-refractivity contribution in [2.24, 2.45) is 0 Å². The molecule has 0 heterocycles. The van der Waals surface area contributed by atoms with Crippen LogP contribution in [0.1, 0.15) is 37.5 Å². The lowest BCUT2D eigenvalue weighted by Crippen LogP contribution is -2.55. The molecule has 0 aliphatic rings. The predicted octanol–water partition coefficient (Wildman–Crippen LogP) is 5.07. The SMILES string of the molecule is Cc1cccc(CN(C(=O)COc2ccc(F)cc2)[C@H](Cc2ccccc2)C(=O)NC(C)(C)C)c1. The molecular formula is C29H33FN2O3. The van der Waals surface area contributed by atoms with Gasteiger partial charge < -0.3 is 15.0 Å². The molecule has 0 aliphatic heterocycles. The minimum absolute atomic E-state index is 0.232. The standard InChI is InChI=1S/C29H33FN2O3/c1-21-9-8-12-23(17-21)19-32(27(33)20-35-25-15-13-24(30)14-16-25)26(28(34)31-29(2,3)4)18-22-10-6-5-7-11-22/h5-17,26H,18-20H2,1-4H3,(H,31,34)/t26-/m1/s1. The molecule has 3 aromatic rings. The van der Waals surface area contributed by atoms with Crippen LogP contribution < -0.4 is 10.1 Å². The average molecular weight is 477 g/mol. The summed E-state index contributed by atoms with van der Waals surface area (Å²) in [4.78, 5) is 28.6. The van der Waals surface area contributed by atoms with Crippen LogP contribution in [-0.4, -0.2) is 34.9 Å². The second kappa shape index (κ2) is 11.6. The molecule has 3 aromatic carbocycles. The number of rotatable bonds is 9. The van der Waals surface area contributed by atoms with E-state index >= 15 is 0 Å². The summed E-state index contributed by atoms with van der Waals surface area (Å²) in [6.45, 7) is 7.70. The minimum atomic E-state index is -0.749. The molecule has 0 radical (unpaired) electrons. The first-order chi connectivity index (χ1) is 16.6. The Balaban J connectivity index is 1.92. The lowest BCUT2D eigenvalue weighted by molar-refractivity contribution is -0.143. The van der Waals surface area contributed by atoms with E-state index in [0.29, 0.717) is 12.2 Å². The zero-order valence-electron chi connectivity index (χ0n) is 20.8. The first-order valence-corrected chi connectivity index (χ1v) is 11.7. The van der Waals surface area contributed by atoms with E-state index in [9.17, 15) is 14.0 Å². The Kier molecular flexibility index (Phi) is 8.63. The van der Waals surface area contributed by atoms with Crippen molar-refractivity contribution in [3.8, 4) is 5.75 Å². The zero-order valence-corrected chi connectivity index (χ0v) is 20.8. The molecule has 5 nitrogen and oxygen atoms in total. The molecule has 0 bridgehead atoms. The largest absolute Gasteiger partial charge is 0.484 e. The molecule has 2 amide bonds. The summed E-state index contributed by atoms with van der Waals surface area (Å²) < 4.78 is 18.9. The third-order valence-electron chi connectivity index (χ3n) is 5.38. The molecule has 6 heteroatoms. The van der Waals surface area contributed by atoms with Gasteiger partial charge in [0, 0.05) is 18.5 Å². The molecule has 0 unspecified atom stereocenters. The predicted molar refractivity (Wildman–Crippen MR) is 135 cm³/mol. The van der Waals surface area contributed by atoms with Crippen LogP contribution in [0, 0.1) is 12.7 Å². The van der Waals surface area contributed by atoms with Gasteiger partial charge in [0.2, 0.25) is 5.91 Å². The van der Waals surface area contributed by atoms with E-state index in [-0.39, 0.29) is 30.8 Å². The second-order valence-corrected chi connectivity index (χ2v) is 9.70. The Bertz CT molecular complexity index is 1120. The summed E-state index contributed by atoms with van der Waals surface area (Å²) in [6.07, 6.45) is 0.358. The van der Waals surface area contributed by atoms with Crippen molar-refractivity contribution in [1.82, 2.24) is 10.2 Å². The Labute approximate surface area is 206 Å². The van der Waals surface area contributed by atoms with Gasteiger partial charge in [0.15, 0.2) is 6.61 Å².